The van der Waals surface area contributed by atoms with E-state index in [2.05, 4.69) is 30.4 Å². The summed E-state index contributed by atoms with van der Waals surface area (Å²) in [7, 11) is 1.87. The lowest BCUT2D eigenvalue weighted by molar-refractivity contribution is 0.766. The van der Waals surface area contributed by atoms with Gasteiger partial charge in [-0.05, 0) is 24.6 Å². The van der Waals surface area contributed by atoms with Gasteiger partial charge in [-0.1, -0.05) is 0 Å². The molecule has 3 heterocycles. The van der Waals surface area contributed by atoms with Crippen molar-refractivity contribution in [3.63, 3.8) is 0 Å². The van der Waals surface area contributed by atoms with Gasteiger partial charge in [-0.15, -0.1) is 0 Å². The third-order valence-corrected chi connectivity index (χ3v) is 3.82. The quantitative estimate of drug-likeness (QED) is 0.626. The van der Waals surface area contributed by atoms with Crippen LogP contribution in [0.2, 0.25) is 0 Å². The van der Waals surface area contributed by atoms with E-state index in [1.54, 1.807) is 10.9 Å². The number of nitrogens with two attached hydrogens (primary N) is 1. The van der Waals surface area contributed by atoms with Crippen molar-refractivity contribution in [2.24, 2.45) is 12.9 Å². The molecule has 3 rings (SSSR count). The van der Waals surface area contributed by atoms with Crippen LogP contribution in [-0.4, -0.2) is 37.8 Å². The van der Waals surface area contributed by atoms with Gasteiger partial charge in [0.1, 0.15) is 0 Å². The number of hydrogen-bond acceptors (Lipinski definition) is 8. The van der Waals surface area contributed by atoms with Crippen LogP contribution in [-0.2, 0) is 7.05 Å². The SMILES string of the molecule is Cn1cc(Sc2nc(NN)nc(N3CCCC3)n2)cn1. The van der Waals surface area contributed by atoms with E-state index in [9.17, 15) is 0 Å². The van der Waals surface area contributed by atoms with Crippen LogP contribution < -0.4 is 16.2 Å². The van der Waals surface area contributed by atoms with Crippen LogP contribution in [0.5, 0.6) is 0 Å². The van der Waals surface area contributed by atoms with Crippen LogP contribution in [0.4, 0.5) is 11.9 Å². The summed E-state index contributed by atoms with van der Waals surface area (Å²) in [4.78, 5) is 16.2. The molecule has 3 N–H and O–H groups in total. The normalized spacial score (nSPS) is 14.8. The molecule has 106 valence electrons. The highest BCUT2D eigenvalue weighted by molar-refractivity contribution is 7.99. The molecule has 0 amide bonds. The van der Waals surface area contributed by atoms with E-state index in [-0.39, 0.29) is 0 Å². The Morgan fingerprint density at radius 1 is 1.25 bits per heavy atom. The summed E-state index contributed by atoms with van der Waals surface area (Å²) in [5.74, 6) is 6.50. The molecule has 0 radical (unpaired) electrons. The molecular formula is C11H16N8S. The molecule has 0 aliphatic carbocycles. The molecule has 2 aromatic rings. The highest BCUT2D eigenvalue weighted by Crippen LogP contribution is 2.26. The molecular weight excluding hydrogens is 276 g/mol. The molecule has 0 bridgehead atoms. The molecule has 0 saturated carbocycles. The molecule has 1 aliphatic rings. The van der Waals surface area contributed by atoms with Gasteiger partial charge in [0.2, 0.25) is 11.9 Å². The monoisotopic (exact) mass is 292 g/mol. The minimum absolute atomic E-state index is 0.383. The third kappa shape index (κ3) is 2.83. The molecule has 0 aromatic carbocycles. The lowest BCUT2D eigenvalue weighted by Crippen LogP contribution is -2.22. The number of rotatable bonds is 4. The van der Waals surface area contributed by atoms with Gasteiger partial charge in [-0.25, -0.2) is 5.84 Å². The molecule has 1 saturated heterocycles. The van der Waals surface area contributed by atoms with E-state index in [0.717, 1.165) is 18.0 Å². The topological polar surface area (TPSA) is 97.8 Å². The average Bonchev–Trinajstić information content (AvgIpc) is 3.10. The zero-order valence-electron chi connectivity index (χ0n) is 11.2. The van der Waals surface area contributed by atoms with Gasteiger partial charge in [0, 0.05) is 26.3 Å². The van der Waals surface area contributed by atoms with Gasteiger partial charge < -0.3 is 4.90 Å². The van der Waals surface area contributed by atoms with Crippen molar-refractivity contribution in [2.45, 2.75) is 22.9 Å². The van der Waals surface area contributed by atoms with Crippen LogP contribution in [0.25, 0.3) is 0 Å². The van der Waals surface area contributed by atoms with Gasteiger partial charge in [0.25, 0.3) is 0 Å². The predicted molar refractivity (Wildman–Crippen MR) is 76.4 cm³/mol. The van der Waals surface area contributed by atoms with Crippen molar-refractivity contribution in [1.29, 1.82) is 0 Å². The Hall–Kier alpha value is -1.87. The molecule has 2 aromatic heterocycles. The first-order valence-corrected chi connectivity index (χ1v) is 7.20. The number of aromatic nitrogens is 5. The van der Waals surface area contributed by atoms with Gasteiger partial charge in [-0.3, -0.25) is 10.1 Å². The predicted octanol–water partition coefficient (Wildman–Crippen LogP) is 0.642. The Kier molecular flexibility index (Phi) is 3.70. The molecule has 1 fully saturated rings. The van der Waals surface area contributed by atoms with Crippen LogP contribution in [0.15, 0.2) is 22.4 Å². The van der Waals surface area contributed by atoms with Gasteiger partial charge in [-0.2, -0.15) is 20.1 Å². The first-order chi connectivity index (χ1) is 9.74. The Balaban J connectivity index is 1.87. The third-order valence-electron chi connectivity index (χ3n) is 3.01. The summed E-state index contributed by atoms with van der Waals surface area (Å²) in [6, 6.07) is 0. The van der Waals surface area contributed by atoms with Gasteiger partial charge >= 0.3 is 0 Å². The molecule has 0 unspecified atom stereocenters. The average molecular weight is 292 g/mol. The number of nitrogens with one attached hydrogen (secondary N) is 1. The van der Waals surface area contributed by atoms with E-state index in [4.69, 9.17) is 5.84 Å². The second kappa shape index (κ2) is 5.63. The fourth-order valence-electron chi connectivity index (χ4n) is 2.07. The fourth-order valence-corrected chi connectivity index (χ4v) is 2.85. The number of aryl methyl sites for hydroxylation is 1. The zero-order valence-corrected chi connectivity index (χ0v) is 12.0. The van der Waals surface area contributed by atoms with Gasteiger partial charge in [0.05, 0.1) is 11.1 Å². The van der Waals surface area contributed by atoms with Crippen molar-refractivity contribution in [3.8, 4) is 0 Å². The van der Waals surface area contributed by atoms with E-state index in [0.29, 0.717) is 17.1 Å². The molecule has 1 aliphatic heterocycles. The minimum atomic E-state index is 0.383. The van der Waals surface area contributed by atoms with E-state index < -0.39 is 0 Å². The van der Waals surface area contributed by atoms with Crippen molar-refractivity contribution in [1.82, 2.24) is 24.7 Å². The number of anilines is 2. The Labute approximate surface area is 120 Å². The van der Waals surface area contributed by atoms with Crippen LogP contribution >= 0.6 is 11.8 Å². The van der Waals surface area contributed by atoms with Crippen molar-refractivity contribution in [2.75, 3.05) is 23.4 Å². The maximum absolute atomic E-state index is 5.44. The first-order valence-electron chi connectivity index (χ1n) is 6.39. The summed E-state index contributed by atoms with van der Waals surface area (Å²) < 4.78 is 1.74. The molecule has 0 atom stereocenters. The maximum Gasteiger partial charge on any atom is 0.242 e. The Morgan fingerprint density at radius 2 is 2.05 bits per heavy atom. The highest BCUT2D eigenvalue weighted by Gasteiger charge is 2.17. The smallest absolute Gasteiger partial charge is 0.242 e. The zero-order chi connectivity index (χ0) is 13.9. The highest BCUT2D eigenvalue weighted by atomic mass is 32.2. The fraction of sp³-hybridized carbons (Fsp3) is 0.455. The molecule has 20 heavy (non-hydrogen) atoms. The van der Waals surface area contributed by atoms with E-state index in [1.807, 2.05) is 13.2 Å². The minimum Gasteiger partial charge on any atom is -0.341 e. The van der Waals surface area contributed by atoms with Crippen molar-refractivity contribution < 1.29 is 0 Å². The molecule has 9 heteroatoms. The Bertz CT molecular complexity index is 592. The van der Waals surface area contributed by atoms with E-state index in [1.165, 1.54) is 24.6 Å². The summed E-state index contributed by atoms with van der Waals surface area (Å²) in [5.41, 5.74) is 2.50. The largest absolute Gasteiger partial charge is 0.341 e. The Morgan fingerprint density at radius 3 is 2.70 bits per heavy atom. The standard InChI is InChI=1S/C11H16N8S/c1-18-7-8(6-13-18)20-11-15-9(17-12)14-10(16-11)19-4-2-3-5-19/h6-7H,2-5,12H2,1H3,(H,14,15,16,17). The number of nitrogen functional groups attached to an aromatic ring is 1. The lowest BCUT2D eigenvalue weighted by atomic mass is 10.4. The summed E-state index contributed by atoms with van der Waals surface area (Å²) in [6.45, 7) is 1.95. The van der Waals surface area contributed by atoms with E-state index >= 15 is 0 Å². The number of nitrogens with zero attached hydrogens (tertiary/aromatic N) is 6. The molecule has 0 spiro atoms. The second-order valence-corrected chi connectivity index (χ2v) is 5.57. The summed E-state index contributed by atoms with van der Waals surface area (Å²) in [6.07, 6.45) is 6.03. The first kappa shape index (κ1) is 13.1. The second-order valence-electron chi connectivity index (χ2n) is 4.53. The van der Waals surface area contributed by atoms with Crippen molar-refractivity contribution >= 4 is 23.7 Å². The van der Waals surface area contributed by atoms with Crippen LogP contribution in [0, 0.1) is 0 Å². The van der Waals surface area contributed by atoms with Crippen molar-refractivity contribution in [3.05, 3.63) is 12.4 Å². The van der Waals surface area contributed by atoms with Crippen LogP contribution in [0.1, 0.15) is 12.8 Å². The van der Waals surface area contributed by atoms with Crippen LogP contribution in [0.3, 0.4) is 0 Å². The number of hydrogen-bond donors (Lipinski definition) is 2. The molecule has 8 nitrogen and oxygen atoms in total. The lowest BCUT2D eigenvalue weighted by Gasteiger charge is -2.15. The summed E-state index contributed by atoms with van der Waals surface area (Å²) in [5, 5.41) is 4.74. The summed E-state index contributed by atoms with van der Waals surface area (Å²) >= 11 is 1.44. The maximum atomic E-state index is 5.44. The van der Waals surface area contributed by atoms with Gasteiger partial charge in [0.15, 0.2) is 5.16 Å². The number of hydrazine groups is 1.